The van der Waals surface area contributed by atoms with Gasteiger partial charge in [0.25, 0.3) is 0 Å². The lowest BCUT2D eigenvalue weighted by Crippen LogP contribution is -2.60. The number of nitrogens with two attached hydrogens (primary N) is 1. The molecule has 3 nitrogen and oxygen atoms in total. The van der Waals surface area contributed by atoms with Gasteiger partial charge in [0.1, 0.15) is 0 Å². The molecule has 1 saturated heterocycles. The number of nitrogens with zero attached hydrogens (tertiary/aromatic N) is 1. The van der Waals surface area contributed by atoms with Crippen LogP contribution in [-0.2, 0) is 6.42 Å². The Balaban J connectivity index is 1.91. The minimum Gasteiger partial charge on any atom is -0.296 e. The second-order valence-corrected chi connectivity index (χ2v) is 6.50. The lowest BCUT2D eigenvalue weighted by molar-refractivity contribution is 0.0795. The standard InChI is InChI=1S/C18H31N3/c1-3-18(2,21-14-7-8-15-21)17(20-19)13-9-12-16-10-5-4-6-11-16/h4-6,10-11,17,20H,3,7-9,12-15,19H2,1-2H3. The predicted octanol–water partition coefficient (Wildman–Crippen LogP) is 3.11. The SMILES string of the molecule is CCC(C)(C(CCCc1ccccc1)NN)N1CCCC1. The molecule has 1 aromatic rings. The van der Waals surface area contributed by atoms with Crippen LogP contribution in [0.25, 0.3) is 0 Å². The van der Waals surface area contributed by atoms with E-state index in [9.17, 15) is 0 Å². The summed E-state index contributed by atoms with van der Waals surface area (Å²) in [6.45, 7) is 7.12. The summed E-state index contributed by atoms with van der Waals surface area (Å²) in [5, 5.41) is 0. The van der Waals surface area contributed by atoms with Gasteiger partial charge < -0.3 is 0 Å². The van der Waals surface area contributed by atoms with Crippen LogP contribution in [0.15, 0.2) is 30.3 Å². The van der Waals surface area contributed by atoms with E-state index >= 15 is 0 Å². The molecule has 2 unspecified atom stereocenters. The third kappa shape index (κ3) is 4.06. The zero-order chi connectivity index (χ0) is 15.1. The number of hydrogen-bond donors (Lipinski definition) is 2. The van der Waals surface area contributed by atoms with Gasteiger partial charge in [0.05, 0.1) is 0 Å². The molecule has 1 aliphatic rings. The Morgan fingerprint density at radius 2 is 1.90 bits per heavy atom. The molecule has 3 N–H and O–H groups in total. The quantitative estimate of drug-likeness (QED) is 0.571. The fourth-order valence-corrected chi connectivity index (χ4v) is 3.65. The molecule has 0 radical (unpaired) electrons. The first-order chi connectivity index (χ1) is 10.2. The van der Waals surface area contributed by atoms with Gasteiger partial charge in [-0.3, -0.25) is 16.2 Å². The Hall–Kier alpha value is -0.900. The number of likely N-dealkylation sites (tertiary alicyclic amines) is 1. The highest BCUT2D eigenvalue weighted by Gasteiger charge is 2.38. The Bertz CT molecular complexity index is 400. The van der Waals surface area contributed by atoms with Crippen molar-refractivity contribution in [2.45, 2.75) is 64.0 Å². The molecule has 1 heterocycles. The largest absolute Gasteiger partial charge is 0.296 e. The summed E-state index contributed by atoms with van der Waals surface area (Å²) in [5.41, 5.74) is 4.72. The van der Waals surface area contributed by atoms with E-state index in [0.717, 1.165) is 19.3 Å². The van der Waals surface area contributed by atoms with Gasteiger partial charge in [0.2, 0.25) is 0 Å². The average molecular weight is 289 g/mol. The van der Waals surface area contributed by atoms with E-state index in [2.05, 4.69) is 54.5 Å². The Morgan fingerprint density at radius 3 is 2.48 bits per heavy atom. The zero-order valence-corrected chi connectivity index (χ0v) is 13.6. The summed E-state index contributed by atoms with van der Waals surface area (Å²) in [5.74, 6) is 5.90. The lowest BCUT2D eigenvalue weighted by Gasteiger charge is -2.44. The molecular formula is C18H31N3. The molecule has 1 aromatic carbocycles. The number of nitrogens with one attached hydrogen (secondary N) is 1. The Kier molecular flexibility index (Phi) is 6.22. The summed E-state index contributed by atoms with van der Waals surface area (Å²) in [6.07, 6.45) is 7.26. The van der Waals surface area contributed by atoms with Crippen LogP contribution in [0.4, 0.5) is 0 Å². The average Bonchev–Trinajstić information content (AvgIpc) is 3.07. The first-order valence-corrected chi connectivity index (χ1v) is 8.46. The molecule has 118 valence electrons. The highest BCUT2D eigenvalue weighted by Crippen LogP contribution is 2.30. The predicted molar refractivity (Wildman–Crippen MR) is 90.0 cm³/mol. The van der Waals surface area contributed by atoms with Crippen molar-refractivity contribution in [1.82, 2.24) is 10.3 Å². The molecule has 0 saturated carbocycles. The second-order valence-electron chi connectivity index (χ2n) is 6.50. The molecule has 1 aliphatic heterocycles. The van der Waals surface area contributed by atoms with Crippen molar-refractivity contribution < 1.29 is 0 Å². The normalized spacial score (nSPS) is 20.3. The van der Waals surface area contributed by atoms with Gasteiger partial charge >= 0.3 is 0 Å². The van der Waals surface area contributed by atoms with Crippen molar-refractivity contribution >= 4 is 0 Å². The van der Waals surface area contributed by atoms with Gasteiger partial charge in [-0.15, -0.1) is 0 Å². The van der Waals surface area contributed by atoms with Crippen molar-refractivity contribution in [3.8, 4) is 0 Å². The number of hydrazine groups is 1. The molecule has 0 aromatic heterocycles. The summed E-state index contributed by atoms with van der Waals surface area (Å²) in [6, 6.07) is 11.1. The first kappa shape index (κ1) is 16.5. The summed E-state index contributed by atoms with van der Waals surface area (Å²) in [4.78, 5) is 2.64. The van der Waals surface area contributed by atoms with Gasteiger partial charge in [0.15, 0.2) is 0 Å². The zero-order valence-electron chi connectivity index (χ0n) is 13.6. The van der Waals surface area contributed by atoms with Gasteiger partial charge in [-0.1, -0.05) is 37.3 Å². The molecule has 2 atom stereocenters. The van der Waals surface area contributed by atoms with E-state index in [1.807, 2.05) is 0 Å². The number of aryl methyl sites for hydroxylation is 1. The van der Waals surface area contributed by atoms with Crippen LogP contribution in [-0.4, -0.2) is 29.6 Å². The first-order valence-electron chi connectivity index (χ1n) is 8.46. The van der Waals surface area contributed by atoms with Gasteiger partial charge in [-0.05, 0) is 64.1 Å². The van der Waals surface area contributed by atoms with E-state index in [4.69, 9.17) is 5.84 Å². The van der Waals surface area contributed by atoms with Crippen molar-refractivity contribution in [3.63, 3.8) is 0 Å². The summed E-state index contributed by atoms with van der Waals surface area (Å²) < 4.78 is 0. The third-order valence-electron chi connectivity index (χ3n) is 5.30. The Labute approximate surface area is 129 Å². The number of rotatable bonds is 8. The fraction of sp³-hybridized carbons (Fsp3) is 0.667. The molecule has 1 fully saturated rings. The van der Waals surface area contributed by atoms with Crippen molar-refractivity contribution in [2.24, 2.45) is 5.84 Å². The maximum atomic E-state index is 5.90. The molecule has 0 bridgehead atoms. The van der Waals surface area contributed by atoms with Crippen LogP contribution in [0.3, 0.4) is 0 Å². The van der Waals surface area contributed by atoms with E-state index in [-0.39, 0.29) is 5.54 Å². The molecule has 21 heavy (non-hydrogen) atoms. The topological polar surface area (TPSA) is 41.3 Å². The van der Waals surface area contributed by atoms with Gasteiger partial charge in [0, 0.05) is 11.6 Å². The van der Waals surface area contributed by atoms with E-state index in [1.165, 1.54) is 37.9 Å². The van der Waals surface area contributed by atoms with Crippen LogP contribution in [0.1, 0.15) is 51.5 Å². The summed E-state index contributed by atoms with van der Waals surface area (Å²) >= 11 is 0. The van der Waals surface area contributed by atoms with Gasteiger partial charge in [-0.25, -0.2) is 0 Å². The minimum atomic E-state index is 0.182. The van der Waals surface area contributed by atoms with E-state index < -0.39 is 0 Å². The van der Waals surface area contributed by atoms with E-state index in [1.54, 1.807) is 0 Å². The van der Waals surface area contributed by atoms with Gasteiger partial charge in [-0.2, -0.15) is 0 Å². The van der Waals surface area contributed by atoms with Crippen LogP contribution in [0.2, 0.25) is 0 Å². The van der Waals surface area contributed by atoms with Crippen LogP contribution < -0.4 is 11.3 Å². The molecule has 0 spiro atoms. The highest BCUT2D eigenvalue weighted by atomic mass is 15.3. The molecule has 0 amide bonds. The smallest absolute Gasteiger partial charge is 0.0392 e. The fourth-order valence-electron chi connectivity index (χ4n) is 3.65. The van der Waals surface area contributed by atoms with Crippen LogP contribution >= 0.6 is 0 Å². The monoisotopic (exact) mass is 289 g/mol. The van der Waals surface area contributed by atoms with Crippen molar-refractivity contribution in [3.05, 3.63) is 35.9 Å². The minimum absolute atomic E-state index is 0.182. The number of benzene rings is 1. The molecule has 0 aliphatic carbocycles. The second kappa shape index (κ2) is 7.92. The lowest BCUT2D eigenvalue weighted by atomic mass is 9.84. The summed E-state index contributed by atoms with van der Waals surface area (Å²) in [7, 11) is 0. The van der Waals surface area contributed by atoms with Crippen molar-refractivity contribution in [1.29, 1.82) is 0 Å². The Morgan fingerprint density at radius 1 is 1.24 bits per heavy atom. The molecule has 3 heteroatoms. The number of hydrogen-bond acceptors (Lipinski definition) is 3. The molecule has 2 rings (SSSR count). The van der Waals surface area contributed by atoms with E-state index in [0.29, 0.717) is 6.04 Å². The third-order valence-corrected chi connectivity index (χ3v) is 5.30. The van der Waals surface area contributed by atoms with Crippen LogP contribution in [0.5, 0.6) is 0 Å². The van der Waals surface area contributed by atoms with Crippen LogP contribution in [0, 0.1) is 0 Å². The maximum absolute atomic E-state index is 5.90. The highest BCUT2D eigenvalue weighted by molar-refractivity contribution is 5.14. The van der Waals surface area contributed by atoms with Crippen molar-refractivity contribution in [2.75, 3.05) is 13.1 Å². The maximum Gasteiger partial charge on any atom is 0.0392 e. The molecular weight excluding hydrogens is 258 g/mol.